The van der Waals surface area contributed by atoms with Gasteiger partial charge in [0.05, 0.1) is 6.10 Å². The van der Waals surface area contributed by atoms with Gasteiger partial charge in [-0.3, -0.25) is 0 Å². The summed E-state index contributed by atoms with van der Waals surface area (Å²) in [4.78, 5) is 0. The van der Waals surface area contributed by atoms with E-state index < -0.39 is 32.0 Å². The lowest BCUT2D eigenvalue weighted by atomic mass is 10.1. The predicted molar refractivity (Wildman–Crippen MR) is 91.6 cm³/mol. The Morgan fingerprint density at radius 2 is 1.40 bits per heavy atom. The molecule has 0 spiro atoms. The molecule has 0 amide bonds. The van der Waals surface area contributed by atoms with Crippen LogP contribution in [0, 0.1) is 6.92 Å². The first-order valence-electron chi connectivity index (χ1n) is 7.82. The van der Waals surface area contributed by atoms with E-state index in [4.69, 9.17) is 20.7 Å². The molecule has 0 aromatic heterocycles. The van der Waals surface area contributed by atoms with E-state index in [1.165, 1.54) is 0 Å². The topological polar surface area (TPSA) is 85.2 Å². The molecule has 132 valence electrons. The Morgan fingerprint density at radius 3 is 1.80 bits per heavy atom. The first-order valence-corrected chi connectivity index (χ1v) is 9.55. The van der Waals surface area contributed by atoms with Gasteiger partial charge in [-0.05, 0) is 31.2 Å². The lowest BCUT2D eigenvalue weighted by Gasteiger charge is -2.23. The first kappa shape index (κ1) is 18.0. The normalized spacial score (nSPS) is 26.4. The Labute approximate surface area is 146 Å². The van der Waals surface area contributed by atoms with Gasteiger partial charge in [0, 0.05) is 0 Å². The Morgan fingerprint density at radius 1 is 0.920 bits per heavy atom. The van der Waals surface area contributed by atoms with Crippen LogP contribution in [0.4, 0.5) is 0 Å². The predicted octanol–water partition coefficient (Wildman–Crippen LogP) is 2.54. The van der Waals surface area contributed by atoms with Gasteiger partial charge in [-0.15, -0.1) is 0 Å². The SMILES string of the molecule is [CH]C1O[C@H](CP(=O)(Oc2ccccc2)Oc2ccccc2)[C@H](O)C1O. The summed E-state index contributed by atoms with van der Waals surface area (Å²) in [5.41, 5.74) is 0. The second-order valence-corrected chi connectivity index (χ2v) is 7.67. The maximum atomic E-state index is 13.3. The third kappa shape index (κ3) is 4.41. The van der Waals surface area contributed by atoms with Crippen molar-refractivity contribution in [3.8, 4) is 11.5 Å². The highest BCUT2D eigenvalue weighted by Gasteiger charge is 2.45. The van der Waals surface area contributed by atoms with Crippen LogP contribution >= 0.6 is 7.60 Å². The van der Waals surface area contributed by atoms with Gasteiger partial charge in [0.1, 0.15) is 36.0 Å². The van der Waals surface area contributed by atoms with E-state index in [-0.39, 0.29) is 6.16 Å². The molecule has 25 heavy (non-hydrogen) atoms. The van der Waals surface area contributed by atoms with E-state index in [1.54, 1.807) is 60.7 Å². The molecule has 6 nitrogen and oxygen atoms in total. The molecule has 1 fully saturated rings. The Bertz CT molecular complexity index is 677. The van der Waals surface area contributed by atoms with Crippen molar-refractivity contribution < 1.29 is 28.6 Å². The Balaban J connectivity index is 1.82. The number of rotatable bonds is 6. The summed E-state index contributed by atoms with van der Waals surface area (Å²) in [6.07, 6.45) is -4.82. The maximum Gasteiger partial charge on any atom is 0.433 e. The summed E-state index contributed by atoms with van der Waals surface area (Å²) in [5, 5.41) is 19.8. The molecule has 4 atom stereocenters. The van der Waals surface area contributed by atoms with Crippen LogP contribution < -0.4 is 9.05 Å². The van der Waals surface area contributed by atoms with E-state index in [2.05, 4.69) is 0 Å². The van der Waals surface area contributed by atoms with Gasteiger partial charge in [-0.2, -0.15) is 0 Å². The Hall–Kier alpha value is -1.85. The molecule has 1 aliphatic rings. The van der Waals surface area contributed by atoms with Gasteiger partial charge in [0.2, 0.25) is 0 Å². The summed E-state index contributed by atoms with van der Waals surface area (Å²) in [7, 11) is -3.75. The minimum absolute atomic E-state index is 0.261. The number of hydrogen-bond acceptors (Lipinski definition) is 6. The molecule has 1 aliphatic heterocycles. The molecule has 1 saturated heterocycles. The van der Waals surface area contributed by atoms with Crippen LogP contribution in [-0.4, -0.2) is 40.8 Å². The molecule has 2 aromatic carbocycles. The largest absolute Gasteiger partial charge is 0.433 e. The number of aliphatic hydroxyl groups is 2. The summed E-state index contributed by atoms with van der Waals surface area (Å²) in [6.45, 7) is 5.58. The second kappa shape index (κ2) is 7.58. The summed E-state index contributed by atoms with van der Waals surface area (Å²) >= 11 is 0. The highest BCUT2D eigenvalue weighted by Crippen LogP contribution is 2.50. The zero-order valence-electron chi connectivity index (χ0n) is 13.3. The zero-order valence-corrected chi connectivity index (χ0v) is 14.2. The monoisotopic (exact) mass is 362 g/mol. The molecule has 3 rings (SSSR count). The molecule has 2 radical (unpaired) electrons. The van der Waals surface area contributed by atoms with Crippen molar-refractivity contribution >= 4 is 7.60 Å². The third-order valence-corrected chi connectivity index (χ3v) is 5.56. The fourth-order valence-electron chi connectivity index (χ4n) is 2.53. The van der Waals surface area contributed by atoms with Crippen LogP contribution in [0.1, 0.15) is 0 Å². The fraction of sp³-hybridized carbons (Fsp3) is 0.278. The highest BCUT2D eigenvalue weighted by molar-refractivity contribution is 7.54. The maximum absolute atomic E-state index is 13.3. The van der Waals surface area contributed by atoms with Crippen molar-refractivity contribution in [2.45, 2.75) is 24.4 Å². The van der Waals surface area contributed by atoms with Crippen LogP contribution in [0.2, 0.25) is 0 Å². The number of aliphatic hydroxyl groups excluding tert-OH is 2. The molecule has 2 aromatic rings. The van der Waals surface area contributed by atoms with E-state index in [0.29, 0.717) is 11.5 Å². The molecule has 2 N–H and O–H groups in total. The van der Waals surface area contributed by atoms with E-state index in [9.17, 15) is 14.8 Å². The van der Waals surface area contributed by atoms with Gasteiger partial charge in [-0.1, -0.05) is 36.4 Å². The zero-order chi connectivity index (χ0) is 17.9. The van der Waals surface area contributed by atoms with Crippen molar-refractivity contribution in [1.29, 1.82) is 0 Å². The molecule has 0 bridgehead atoms. The summed E-state index contributed by atoms with van der Waals surface area (Å²) in [6, 6.07) is 17.1. The molecule has 0 saturated carbocycles. The quantitative estimate of drug-likeness (QED) is 0.768. The van der Waals surface area contributed by atoms with Gasteiger partial charge < -0.3 is 24.0 Å². The summed E-state index contributed by atoms with van der Waals surface area (Å²) < 4.78 is 29.8. The van der Waals surface area contributed by atoms with Crippen LogP contribution in [0.15, 0.2) is 60.7 Å². The molecule has 7 heteroatoms. The lowest BCUT2D eigenvalue weighted by Crippen LogP contribution is -2.34. The number of para-hydroxylation sites is 2. The molecular weight excluding hydrogens is 343 g/mol. The number of benzene rings is 2. The fourth-order valence-corrected chi connectivity index (χ4v) is 4.34. The van der Waals surface area contributed by atoms with Gasteiger partial charge in [0.25, 0.3) is 0 Å². The van der Waals surface area contributed by atoms with E-state index >= 15 is 0 Å². The van der Waals surface area contributed by atoms with Crippen molar-refractivity contribution in [2.75, 3.05) is 6.16 Å². The van der Waals surface area contributed by atoms with Crippen molar-refractivity contribution in [1.82, 2.24) is 0 Å². The van der Waals surface area contributed by atoms with Gasteiger partial charge in [0.15, 0.2) is 0 Å². The average molecular weight is 362 g/mol. The summed E-state index contributed by atoms with van der Waals surface area (Å²) in [5.74, 6) is 0.721. The molecule has 0 aliphatic carbocycles. The number of ether oxygens (including phenoxy) is 1. The van der Waals surface area contributed by atoms with Crippen molar-refractivity contribution in [2.24, 2.45) is 0 Å². The molecule has 1 heterocycles. The van der Waals surface area contributed by atoms with Gasteiger partial charge in [-0.25, -0.2) is 4.57 Å². The van der Waals surface area contributed by atoms with Gasteiger partial charge >= 0.3 is 7.60 Å². The first-order chi connectivity index (χ1) is 12.0. The third-order valence-electron chi connectivity index (χ3n) is 3.78. The van der Waals surface area contributed by atoms with Crippen molar-refractivity contribution in [3.63, 3.8) is 0 Å². The standard InChI is InChI=1S/C18H19O6P/c1-13-17(19)18(20)16(22-13)12-25(21,23-14-8-4-2-5-9-14)24-15-10-6-3-7-11-15/h1-11,13,16-20H,12H2/t13?,16-,17?,18+/m1/s1. The Kier molecular flexibility index (Phi) is 5.45. The van der Waals surface area contributed by atoms with Crippen LogP contribution in [-0.2, 0) is 9.30 Å². The average Bonchev–Trinajstić information content (AvgIpc) is 2.83. The number of hydrogen-bond donors (Lipinski definition) is 2. The molecule has 2 unspecified atom stereocenters. The molecular formula is C18H19O6P. The lowest BCUT2D eigenvalue weighted by molar-refractivity contribution is 0.0313. The smallest absolute Gasteiger partial charge is 0.416 e. The van der Waals surface area contributed by atoms with Crippen LogP contribution in [0.25, 0.3) is 0 Å². The highest BCUT2D eigenvalue weighted by atomic mass is 31.2. The van der Waals surface area contributed by atoms with E-state index in [1.807, 2.05) is 0 Å². The van der Waals surface area contributed by atoms with Crippen molar-refractivity contribution in [3.05, 3.63) is 67.6 Å². The minimum Gasteiger partial charge on any atom is -0.416 e. The minimum atomic E-state index is -3.75. The van der Waals surface area contributed by atoms with Crippen LogP contribution in [0.5, 0.6) is 11.5 Å². The second-order valence-electron chi connectivity index (χ2n) is 5.72. The van der Waals surface area contributed by atoms with Crippen LogP contribution in [0.3, 0.4) is 0 Å². The van der Waals surface area contributed by atoms with E-state index in [0.717, 1.165) is 0 Å².